The van der Waals surface area contributed by atoms with Crippen LogP contribution < -0.4 is 0 Å². The summed E-state index contributed by atoms with van der Waals surface area (Å²) in [6.45, 7) is 23.4. The summed E-state index contributed by atoms with van der Waals surface area (Å²) in [5.74, 6) is -2.02. The number of rotatable bonds is 27. The maximum absolute atomic E-state index is 11.7. The van der Waals surface area contributed by atoms with Crippen LogP contribution in [0.25, 0.3) is 85.5 Å². The van der Waals surface area contributed by atoms with Crippen molar-refractivity contribution in [3.63, 3.8) is 0 Å². The zero-order valence-corrected chi connectivity index (χ0v) is 93.2. The lowest BCUT2D eigenvalue weighted by Gasteiger charge is -2.32. The molecule has 756 valence electrons. The van der Waals surface area contributed by atoms with E-state index in [1.165, 1.54) is 85.0 Å². The molecule has 148 heavy (non-hydrogen) atoms. The highest BCUT2D eigenvalue weighted by Crippen LogP contribution is 2.51. The third kappa shape index (κ3) is 29.2. The molecule has 22 heteroatoms. The largest absolute Gasteiger partial charge is 0.491 e. The molecule has 0 amide bonds. The van der Waals surface area contributed by atoms with Crippen molar-refractivity contribution < 1.29 is 47.8 Å². The standard InChI is InChI=1S/C30H35BO4.C30H25BrCl2O2.C30H26Cl2O2.C29H21Cl2NO2.C6H3Cl2I.CH4/c1-7-26(31-34-29(3,4)30(5,6)35-31)28(25-19-23-11-9-10-12-24(23)20-25)22-16-13-21(14-17-22)15-18-27(32)33-8-2;1-3-23(25-15-14-22(32)18-27(25)33)29(26-17-21-7-5-6-8-24(21)30(26)31)20-12-9-19(10-13-20)11-16-28(34)35-4-2;1-3-26(27-15-14-25(31)19-28(27)32)30(24-17-22-7-5-6-8-23(22)18-24)21-12-9-20(10-13-21)11-16-29(33)34-4-2;1-2-22(24-13-12-21(30)16-27(24)31)29(19-10-7-18(8-11-19)9-14-28(33)34)25-15-20-5-3-4-6-23(20)26(25)17-32;7-4-1-2-6(9)5(8)3-4;/h9-19H,7-8,20H2,1-6H3;5-16,18H,3-4,17H2,1-2H3;5-17,19H,3-4,18H2,1-2H3;3-14,16H,2,15H2,1H3,(H,33,34);1-3H;1H4/b18-15+,28-26+;16-11+,29-23+;16-11+,30-26+;14-9+,29-22+;;. The normalized spacial score (nSPS) is 14.5. The number of benzene rings is 12. The lowest BCUT2D eigenvalue weighted by atomic mass is 9.70. The maximum atomic E-state index is 11.7. The highest BCUT2D eigenvalue weighted by molar-refractivity contribution is 14.1. The van der Waals surface area contributed by atoms with Crippen LogP contribution in [0.5, 0.6) is 0 Å². The van der Waals surface area contributed by atoms with E-state index in [1.54, 1.807) is 69.3 Å². The van der Waals surface area contributed by atoms with Gasteiger partial charge in [-0.15, -0.1) is 0 Å². The first-order chi connectivity index (χ1) is 70.7. The van der Waals surface area contributed by atoms with E-state index in [-0.39, 0.29) is 25.3 Å². The van der Waals surface area contributed by atoms with Crippen LogP contribution in [0.15, 0.2) is 319 Å². The van der Waals surface area contributed by atoms with Gasteiger partial charge in [-0.1, -0.05) is 352 Å². The molecule has 12 aromatic rings. The number of halogens is 10. The molecule has 12 aromatic carbocycles. The molecule has 1 heterocycles. The Bertz CT molecular complexity index is 7380. The first-order valence-corrected chi connectivity index (χ1v) is 53.5. The molecule has 0 unspecified atom stereocenters. The van der Waals surface area contributed by atoms with Gasteiger partial charge >= 0.3 is 31.0 Å². The molecule has 1 N–H and O–H groups in total. The third-order valence-corrected chi connectivity index (χ3v) is 30.3. The van der Waals surface area contributed by atoms with Crippen LogP contribution in [0, 0.1) is 14.9 Å². The van der Waals surface area contributed by atoms with Gasteiger partial charge in [-0.3, -0.25) is 0 Å². The number of allylic oxidation sites excluding steroid dienone is 13. The Hall–Kier alpha value is -11.6. The Morgan fingerprint density at radius 3 is 1.07 bits per heavy atom. The molecule has 0 aromatic heterocycles. The van der Waals surface area contributed by atoms with Gasteiger partial charge in [0.1, 0.15) is 6.07 Å². The van der Waals surface area contributed by atoms with Crippen LogP contribution in [0.2, 0.25) is 40.2 Å². The van der Waals surface area contributed by atoms with Crippen molar-refractivity contribution in [1.82, 2.24) is 0 Å². The topological polar surface area (TPSA) is 158 Å². The summed E-state index contributed by atoms with van der Waals surface area (Å²) in [6.07, 6.45) is 23.2. The van der Waals surface area contributed by atoms with E-state index in [2.05, 4.69) is 227 Å². The fraction of sp³-hybridized carbons (Fsp3) is 0.198. The van der Waals surface area contributed by atoms with Crippen molar-refractivity contribution in [1.29, 1.82) is 5.26 Å². The number of nitriles is 1. The second-order valence-corrected chi connectivity index (χ2v) is 41.2. The average Bonchev–Trinajstić information content (AvgIpc) is 1.61. The average molecular weight is 2300 g/mol. The van der Waals surface area contributed by atoms with Crippen LogP contribution in [0.4, 0.5) is 0 Å². The van der Waals surface area contributed by atoms with Crippen LogP contribution in [-0.4, -0.2) is 67.1 Å². The smallest absolute Gasteiger partial charge is 0.478 e. The Labute approximate surface area is 932 Å². The monoisotopic (exact) mass is 2300 g/mol. The Morgan fingerprint density at radius 1 is 0.399 bits per heavy atom. The summed E-state index contributed by atoms with van der Waals surface area (Å²) < 4.78 is 30.1. The lowest BCUT2D eigenvalue weighted by molar-refractivity contribution is -0.138. The van der Waals surface area contributed by atoms with E-state index in [0.717, 1.165) is 158 Å². The summed E-state index contributed by atoms with van der Waals surface area (Å²) in [5, 5.41) is 24.1. The third-order valence-electron chi connectivity index (χ3n) is 25.9. The van der Waals surface area contributed by atoms with Crippen molar-refractivity contribution in [2.45, 2.75) is 146 Å². The minimum absolute atomic E-state index is 0. The molecule has 17 rings (SSSR count). The number of hydrogen-bond acceptors (Lipinski definition) is 10. The van der Waals surface area contributed by atoms with E-state index in [0.29, 0.717) is 78.4 Å². The Balaban J connectivity index is 0.000000170. The van der Waals surface area contributed by atoms with Crippen LogP contribution in [0.3, 0.4) is 0 Å². The molecule has 0 saturated carbocycles. The van der Waals surface area contributed by atoms with E-state index in [9.17, 15) is 24.4 Å². The van der Waals surface area contributed by atoms with E-state index < -0.39 is 24.3 Å². The quantitative estimate of drug-likeness (QED) is 0.00993. The molecule has 4 aliphatic carbocycles. The second-order valence-electron chi connectivity index (χ2n) is 35.8. The SMILES string of the molecule is C.CC/C(=C(\C1=C(C#N)c2ccccc2C1)c1ccc(/C=C/C(=O)O)cc1)c1ccc(Cl)cc1Cl.CCOC(=O)/C=C/c1ccc(/C(C2=C(Br)c3ccccc3C2)=C(/CC)c2ccc(Cl)cc2Cl)cc1.CCOC(=O)/C=C/c1ccc(/C(C2=Cc3ccccc3C2)=C(/CC)B2OC(C)(C)C(C)(C)O2)cc1.CCOC(=O)/C=C/c1ccc(/C(C2=Cc3ccccc3C2)=C(/CC)c2ccc(Cl)cc2Cl)cc1.Clc1ccc(I)c(Cl)c1. The van der Waals surface area contributed by atoms with Crippen molar-refractivity contribution in [2.24, 2.45) is 0 Å². The van der Waals surface area contributed by atoms with Gasteiger partial charge in [-0.2, -0.15) is 5.26 Å². The molecule has 5 aliphatic rings. The zero-order valence-electron chi connectivity index (χ0n) is 83.4. The first kappa shape index (κ1) is 115. The minimum atomic E-state index is -0.997. The number of hydrogen-bond donors (Lipinski definition) is 1. The molecule has 1 saturated heterocycles. The van der Waals surface area contributed by atoms with Gasteiger partial charge in [0.05, 0.1) is 41.6 Å². The summed E-state index contributed by atoms with van der Waals surface area (Å²) in [6, 6.07) is 90.6. The number of ether oxygens (including phenoxy) is 3. The summed E-state index contributed by atoms with van der Waals surface area (Å²) >= 11 is 55.9. The predicted molar refractivity (Wildman–Crippen MR) is 634 cm³/mol. The number of carbonyl (C=O) groups excluding carboxylic acids is 3. The number of carbonyl (C=O) groups is 4. The molecular weight excluding hydrogens is 2190 g/mol. The van der Waals surface area contributed by atoms with Gasteiger partial charge < -0.3 is 28.6 Å². The summed E-state index contributed by atoms with van der Waals surface area (Å²) in [7, 11) is -0.409. The molecule has 0 bridgehead atoms. The van der Waals surface area contributed by atoms with E-state index >= 15 is 0 Å². The van der Waals surface area contributed by atoms with Crippen LogP contribution >= 0.6 is 131 Å². The van der Waals surface area contributed by atoms with Crippen LogP contribution in [-0.2, 0) is 68.4 Å². The molecule has 0 radical (unpaired) electrons. The molecule has 0 atom stereocenters. The highest BCUT2D eigenvalue weighted by Gasteiger charge is 2.53. The fourth-order valence-electron chi connectivity index (χ4n) is 18.2. The second kappa shape index (κ2) is 54.2. The number of fused-ring (bicyclic) bond motifs is 4. The molecule has 11 nitrogen and oxygen atoms in total. The number of carboxylic acid groups (broad SMARTS) is 1. The number of nitrogens with zero attached hydrogens (tertiary/aromatic N) is 1. The van der Waals surface area contributed by atoms with E-state index in [1.807, 2.05) is 127 Å². The Morgan fingerprint density at radius 2 is 0.723 bits per heavy atom. The first-order valence-electron chi connectivity index (χ1n) is 48.6. The lowest BCUT2D eigenvalue weighted by Crippen LogP contribution is -2.41. The Kier molecular flexibility index (Phi) is 42.2. The molecule has 1 aliphatic heterocycles. The highest BCUT2D eigenvalue weighted by atomic mass is 127. The minimum Gasteiger partial charge on any atom is -0.478 e. The number of esters is 3. The molecular formula is C126H114BBrCl8INO10. The maximum Gasteiger partial charge on any atom is 0.491 e. The van der Waals surface area contributed by atoms with Crippen LogP contribution in [0.1, 0.15) is 215 Å². The van der Waals surface area contributed by atoms with Crippen molar-refractivity contribution in [2.75, 3.05) is 19.8 Å². The number of carboxylic acids is 1. The van der Waals surface area contributed by atoms with Crippen molar-refractivity contribution in [3.05, 3.63) is 468 Å². The van der Waals surface area contributed by atoms with Gasteiger partial charge in [0.15, 0.2) is 0 Å². The van der Waals surface area contributed by atoms with Gasteiger partial charge in [-0.25, -0.2) is 19.2 Å². The van der Waals surface area contributed by atoms with Gasteiger partial charge in [0, 0.05) is 73.9 Å². The van der Waals surface area contributed by atoms with Gasteiger partial charge in [0.25, 0.3) is 0 Å². The van der Waals surface area contributed by atoms with Crippen molar-refractivity contribution in [3.8, 4) is 6.07 Å². The van der Waals surface area contributed by atoms with Crippen molar-refractivity contribution >= 4 is 248 Å². The zero-order chi connectivity index (χ0) is 105. The van der Waals surface area contributed by atoms with Gasteiger partial charge in [-0.05, 0) is 383 Å². The van der Waals surface area contributed by atoms with Gasteiger partial charge in [0.2, 0.25) is 0 Å². The molecule has 1 fully saturated rings. The fourth-order valence-corrected chi connectivity index (χ4v) is 21.2. The predicted octanol–water partition coefficient (Wildman–Crippen LogP) is 36.7. The summed E-state index contributed by atoms with van der Waals surface area (Å²) in [5.41, 5.74) is 34.0. The van der Waals surface area contributed by atoms with E-state index in [4.69, 9.17) is 121 Å². The summed E-state index contributed by atoms with van der Waals surface area (Å²) in [4.78, 5) is 46.0. The number of aliphatic carboxylic acids is 1. The molecule has 0 spiro atoms.